The number of unbranched alkanes of at least 4 members (excludes halogenated alkanes) is 1. The molecular weight excluding hydrogens is 298 g/mol. The molecule has 0 aliphatic carbocycles. The van der Waals surface area contributed by atoms with Gasteiger partial charge in [0.15, 0.2) is 5.16 Å². The molecule has 0 saturated heterocycles. The van der Waals surface area contributed by atoms with E-state index in [1.807, 2.05) is 32.0 Å². The third kappa shape index (κ3) is 4.16. The highest BCUT2D eigenvalue weighted by Crippen LogP contribution is 2.23. The number of nitrogens with one attached hydrogen (secondary N) is 1. The van der Waals surface area contributed by atoms with Crippen molar-refractivity contribution in [2.45, 2.75) is 45.3 Å². The van der Waals surface area contributed by atoms with Crippen molar-refractivity contribution in [3.63, 3.8) is 0 Å². The molecule has 1 heterocycles. The number of H-pyrrole nitrogens is 1. The summed E-state index contributed by atoms with van der Waals surface area (Å²) in [5, 5.41) is 7.34. The monoisotopic (exact) mass is 321 g/mol. The number of nitrogens with zero attached hydrogens (tertiary/aromatic N) is 2. The van der Waals surface area contributed by atoms with Crippen molar-refractivity contribution < 1.29 is 4.74 Å². The average molecular weight is 321 g/mol. The van der Waals surface area contributed by atoms with Crippen molar-refractivity contribution in [1.29, 1.82) is 0 Å². The molecular formula is C16H23N3O2S. The highest BCUT2D eigenvalue weighted by Gasteiger charge is 2.09. The first kappa shape index (κ1) is 16.7. The summed E-state index contributed by atoms with van der Waals surface area (Å²) in [6.07, 6.45) is 2.03. The molecule has 0 aliphatic rings. The predicted octanol–water partition coefficient (Wildman–Crippen LogP) is 3.16. The number of aromatic nitrogens is 3. The van der Waals surface area contributed by atoms with Crippen LogP contribution < -0.4 is 10.4 Å². The molecule has 0 spiro atoms. The molecule has 0 saturated carbocycles. The topological polar surface area (TPSA) is 59.9 Å². The Hall–Kier alpha value is -1.69. The number of hydrogen-bond donors (Lipinski definition) is 1. The predicted molar refractivity (Wildman–Crippen MR) is 89.9 cm³/mol. The van der Waals surface area contributed by atoms with E-state index in [4.69, 9.17) is 4.74 Å². The van der Waals surface area contributed by atoms with Gasteiger partial charge >= 0.3 is 5.69 Å². The largest absolute Gasteiger partial charge is 0.492 e. The zero-order valence-corrected chi connectivity index (χ0v) is 14.2. The summed E-state index contributed by atoms with van der Waals surface area (Å²) in [6, 6.07) is 6.12. The lowest BCUT2D eigenvalue weighted by Gasteiger charge is -2.11. The van der Waals surface area contributed by atoms with Crippen LogP contribution in [0.5, 0.6) is 5.75 Å². The quantitative estimate of drug-likeness (QED) is 0.599. The Kier molecular flexibility index (Phi) is 6.12. The fourth-order valence-corrected chi connectivity index (χ4v) is 3.02. The van der Waals surface area contributed by atoms with E-state index in [-0.39, 0.29) is 5.69 Å². The van der Waals surface area contributed by atoms with Gasteiger partial charge in [-0.25, -0.2) is 9.89 Å². The van der Waals surface area contributed by atoms with Crippen molar-refractivity contribution >= 4 is 11.8 Å². The van der Waals surface area contributed by atoms with Crippen molar-refractivity contribution in [3.8, 4) is 5.75 Å². The Labute approximate surface area is 135 Å². The van der Waals surface area contributed by atoms with Crippen molar-refractivity contribution in [2.75, 3.05) is 12.4 Å². The van der Waals surface area contributed by atoms with Crippen molar-refractivity contribution in [2.24, 2.45) is 0 Å². The van der Waals surface area contributed by atoms with Gasteiger partial charge in [-0.15, -0.1) is 5.10 Å². The molecule has 2 rings (SSSR count). The van der Waals surface area contributed by atoms with Crippen LogP contribution in [0.3, 0.4) is 0 Å². The fourth-order valence-electron chi connectivity index (χ4n) is 2.23. The summed E-state index contributed by atoms with van der Waals surface area (Å²) in [5.74, 6) is 1.71. The minimum absolute atomic E-state index is 0.133. The van der Waals surface area contributed by atoms with Crippen LogP contribution in [-0.2, 0) is 6.54 Å². The molecule has 0 fully saturated rings. The van der Waals surface area contributed by atoms with Crippen LogP contribution in [0.2, 0.25) is 0 Å². The minimum atomic E-state index is -0.133. The third-order valence-electron chi connectivity index (χ3n) is 3.43. The molecule has 120 valence electrons. The fraction of sp³-hybridized carbons (Fsp3) is 0.500. The van der Waals surface area contributed by atoms with Crippen molar-refractivity contribution in [1.82, 2.24) is 14.8 Å². The molecule has 5 nitrogen and oxygen atoms in total. The summed E-state index contributed by atoms with van der Waals surface area (Å²) in [4.78, 5) is 11.7. The van der Waals surface area contributed by atoms with Gasteiger partial charge in [-0.05, 0) is 31.4 Å². The molecule has 22 heavy (non-hydrogen) atoms. The van der Waals surface area contributed by atoms with E-state index in [0.717, 1.165) is 40.6 Å². The van der Waals surface area contributed by atoms with Crippen LogP contribution >= 0.6 is 11.8 Å². The molecule has 0 bridgehead atoms. The number of aromatic amines is 1. The molecule has 0 atom stereocenters. The van der Waals surface area contributed by atoms with E-state index >= 15 is 0 Å². The zero-order valence-electron chi connectivity index (χ0n) is 13.4. The molecule has 0 radical (unpaired) electrons. The summed E-state index contributed by atoms with van der Waals surface area (Å²) < 4.78 is 7.57. The van der Waals surface area contributed by atoms with E-state index < -0.39 is 0 Å². The van der Waals surface area contributed by atoms with Gasteiger partial charge in [0.1, 0.15) is 5.75 Å². The van der Waals surface area contributed by atoms with Crippen LogP contribution in [0, 0.1) is 13.8 Å². The maximum absolute atomic E-state index is 11.7. The summed E-state index contributed by atoms with van der Waals surface area (Å²) in [6.45, 7) is 7.50. The first-order valence-electron chi connectivity index (χ1n) is 7.60. The SMILES string of the molecule is CCCCn1c(SCCOc2c(C)cccc2C)n[nH]c1=O. The normalized spacial score (nSPS) is 10.9. The molecule has 2 aromatic rings. The second-order valence-corrected chi connectivity index (χ2v) is 6.30. The number of thioether (sulfide) groups is 1. The standard InChI is InChI=1S/C16H23N3O2S/c1-4-5-9-19-15(20)17-18-16(19)22-11-10-21-14-12(2)7-6-8-13(14)3/h6-8H,4-5,9-11H2,1-3H3,(H,17,20). The van der Waals surface area contributed by atoms with Gasteiger partial charge in [0.05, 0.1) is 6.61 Å². The molecule has 1 N–H and O–H groups in total. The third-order valence-corrected chi connectivity index (χ3v) is 4.37. The van der Waals surface area contributed by atoms with Crippen LogP contribution in [0.4, 0.5) is 0 Å². The second-order valence-electron chi connectivity index (χ2n) is 5.23. The van der Waals surface area contributed by atoms with Gasteiger partial charge in [-0.3, -0.25) is 4.57 Å². The van der Waals surface area contributed by atoms with E-state index in [1.165, 1.54) is 0 Å². The van der Waals surface area contributed by atoms with Crippen LogP contribution in [0.1, 0.15) is 30.9 Å². The Morgan fingerprint density at radius 2 is 2.05 bits per heavy atom. The van der Waals surface area contributed by atoms with Crippen LogP contribution in [0.25, 0.3) is 0 Å². The zero-order chi connectivity index (χ0) is 15.9. The first-order valence-corrected chi connectivity index (χ1v) is 8.59. The molecule has 1 aromatic carbocycles. The number of rotatable bonds is 8. The summed E-state index contributed by atoms with van der Waals surface area (Å²) >= 11 is 1.54. The summed E-state index contributed by atoms with van der Waals surface area (Å²) in [7, 11) is 0. The lowest BCUT2D eigenvalue weighted by Crippen LogP contribution is -2.17. The van der Waals surface area contributed by atoms with Gasteiger partial charge in [-0.2, -0.15) is 0 Å². The molecule has 6 heteroatoms. The number of hydrogen-bond acceptors (Lipinski definition) is 4. The molecule has 0 unspecified atom stereocenters. The number of ether oxygens (including phenoxy) is 1. The van der Waals surface area contributed by atoms with Crippen LogP contribution in [0.15, 0.2) is 28.2 Å². The van der Waals surface area contributed by atoms with E-state index in [9.17, 15) is 4.79 Å². The Balaban J connectivity index is 1.88. The maximum atomic E-state index is 11.7. The Morgan fingerprint density at radius 3 is 2.73 bits per heavy atom. The lowest BCUT2D eigenvalue weighted by molar-refractivity contribution is 0.339. The van der Waals surface area contributed by atoms with Gasteiger partial charge < -0.3 is 4.74 Å². The molecule has 1 aromatic heterocycles. The van der Waals surface area contributed by atoms with E-state index in [0.29, 0.717) is 13.2 Å². The van der Waals surface area contributed by atoms with Gasteiger partial charge in [-0.1, -0.05) is 43.3 Å². The minimum Gasteiger partial charge on any atom is -0.492 e. The van der Waals surface area contributed by atoms with E-state index in [1.54, 1.807) is 16.3 Å². The highest BCUT2D eigenvalue weighted by molar-refractivity contribution is 7.99. The number of aryl methyl sites for hydroxylation is 2. The molecule has 0 aliphatic heterocycles. The first-order chi connectivity index (χ1) is 10.6. The average Bonchev–Trinajstić information content (AvgIpc) is 2.84. The van der Waals surface area contributed by atoms with Crippen molar-refractivity contribution in [3.05, 3.63) is 39.8 Å². The van der Waals surface area contributed by atoms with Gasteiger partial charge in [0, 0.05) is 12.3 Å². The van der Waals surface area contributed by atoms with Gasteiger partial charge in [0.2, 0.25) is 0 Å². The second kappa shape index (κ2) is 8.08. The number of para-hydroxylation sites is 1. The van der Waals surface area contributed by atoms with Crippen LogP contribution in [-0.4, -0.2) is 27.1 Å². The Morgan fingerprint density at radius 1 is 1.32 bits per heavy atom. The summed E-state index contributed by atoms with van der Waals surface area (Å²) in [5.41, 5.74) is 2.15. The highest BCUT2D eigenvalue weighted by atomic mass is 32.2. The Bertz CT molecular complexity index is 643. The smallest absolute Gasteiger partial charge is 0.343 e. The number of benzene rings is 1. The van der Waals surface area contributed by atoms with Gasteiger partial charge in [0.25, 0.3) is 0 Å². The van der Waals surface area contributed by atoms with E-state index in [2.05, 4.69) is 17.1 Å². The maximum Gasteiger partial charge on any atom is 0.343 e. The lowest BCUT2D eigenvalue weighted by atomic mass is 10.1. The molecule has 0 amide bonds.